The van der Waals surface area contributed by atoms with Gasteiger partial charge in [0.15, 0.2) is 0 Å². The average Bonchev–Trinajstić information content (AvgIpc) is 2.59. The molecule has 0 atom stereocenters. The Kier molecular flexibility index (Phi) is 4.97. The van der Waals surface area contributed by atoms with Crippen LogP contribution in [0.1, 0.15) is 18.4 Å². The van der Waals surface area contributed by atoms with Gasteiger partial charge in [0, 0.05) is 36.6 Å². The Morgan fingerprint density at radius 3 is 2.52 bits per heavy atom. The summed E-state index contributed by atoms with van der Waals surface area (Å²) in [5, 5.41) is 2.92. The largest absolute Gasteiger partial charge is 0.371 e. The van der Waals surface area contributed by atoms with E-state index in [-0.39, 0.29) is 29.8 Å². The number of H-pyrrole nitrogens is 2. The standard InChI is InChI=1S/C17H19FN4O3/c18-12-1-3-14(4-2-12)22-7-5-13(6-8-22)20-15(23)9-11-10-19-17(25)21-16(11)24/h1-4,10,13H,5-9H2,(H,20,23)(H2,19,21,24,25). The van der Waals surface area contributed by atoms with Crippen molar-refractivity contribution >= 4 is 11.6 Å². The number of benzene rings is 1. The molecule has 7 nitrogen and oxygen atoms in total. The molecule has 0 aliphatic carbocycles. The van der Waals surface area contributed by atoms with Crippen molar-refractivity contribution in [2.45, 2.75) is 25.3 Å². The van der Waals surface area contributed by atoms with Crippen LogP contribution in [0.2, 0.25) is 0 Å². The molecule has 0 bridgehead atoms. The zero-order chi connectivity index (χ0) is 17.8. The van der Waals surface area contributed by atoms with E-state index in [9.17, 15) is 18.8 Å². The number of hydrogen-bond donors (Lipinski definition) is 3. The molecule has 2 aromatic rings. The van der Waals surface area contributed by atoms with E-state index >= 15 is 0 Å². The van der Waals surface area contributed by atoms with Gasteiger partial charge in [0.05, 0.1) is 6.42 Å². The van der Waals surface area contributed by atoms with Crippen molar-refractivity contribution in [2.75, 3.05) is 18.0 Å². The Morgan fingerprint density at radius 2 is 1.88 bits per heavy atom. The normalized spacial score (nSPS) is 15.2. The Bertz CT molecular complexity index is 851. The van der Waals surface area contributed by atoms with E-state index in [4.69, 9.17) is 0 Å². The molecule has 8 heteroatoms. The molecule has 25 heavy (non-hydrogen) atoms. The highest BCUT2D eigenvalue weighted by Gasteiger charge is 2.21. The summed E-state index contributed by atoms with van der Waals surface area (Å²) in [4.78, 5) is 41.3. The smallest absolute Gasteiger partial charge is 0.325 e. The zero-order valence-electron chi connectivity index (χ0n) is 13.5. The molecule has 3 rings (SSSR count). The molecule has 0 spiro atoms. The lowest BCUT2D eigenvalue weighted by molar-refractivity contribution is -0.121. The second-order valence-corrected chi connectivity index (χ2v) is 6.08. The highest BCUT2D eigenvalue weighted by Crippen LogP contribution is 2.20. The third kappa shape index (κ3) is 4.34. The quantitative estimate of drug-likeness (QED) is 0.752. The van der Waals surface area contributed by atoms with Crippen LogP contribution in [0.4, 0.5) is 10.1 Å². The second kappa shape index (κ2) is 7.33. The van der Waals surface area contributed by atoms with E-state index in [0.29, 0.717) is 0 Å². The maximum absolute atomic E-state index is 13.0. The Hall–Kier alpha value is -2.90. The van der Waals surface area contributed by atoms with Gasteiger partial charge < -0.3 is 15.2 Å². The molecule has 1 aliphatic rings. The van der Waals surface area contributed by atoms with Crippen LogP contribution >= 0.6 is 0 Å². The SMILES string of the molecule is O=C(Cc1c[nH]c(=O)[nH]c1=O)NC1CCN(c2ccc(F)cc2)CC1. The number of amides is 1. The number of nitrogens with zero attached hydrogens (tertiary/aromatic N) is 1. The summed E-state index contributed by atoms with van der Waals surface area (Å²) < 4.78 is 13.0. The molecule has 1 aliphatic heterocycles. The molecular formula is C17H19FN4O3. The number of carbonyl (C=O) groups excluding carboxylic acids is 1. The van der Waals surface area contributed by atoms with Crippen molar-refractivity contribution in [3.8, 4) is 0 Å². The van der Waals surface area contributed by atoms with E-state index in [1.165, 1.54) is 18.3 Å². The monoisotopic (exact) mass is 346 g/mol. The Balaban J connectivity index is 1.51. The van der Waals surface area contributed by atoms with Gasteiger partial charge in [-0.1, -0.05) is 0 Å². The Labute approximate surface area is 142 Å². The van der Waals surface area contributed by atoms with E-state index in [1.54, 1.807) is 12.1 Å². The summed E-state index contributed by atoms with van der Waals surface area (Å²) in [5.74, 6) is -0.513. The molecule has 1 aromatic heterocycles. The summed E-state index contributed by atoms with van der Waals surface area (Å²) in [6.45, 7) is 1.52. The summed E-state index contributed by atoms with van der Waals surface area (Å²) in [5.41, 5.74) is 0.0409. The zero-order valence-corrected chi connectivity index (χ0v) is 13.5. The van der Waals surface area contributed by atoms with Gasteiger partial charge in [-0.25, -0.2) is 9.18 Å². The van der Waals surface area contributed by atoms with Crippen molar-refractivity contribution < 1.29 is 9.18 Å². The molecule has 2 heterocycles. The van der Waals surface area contributed by atoms with E-state index in [0.717, 1.165) is 31.6 Å². The van der Waals surface area contributed by atoms with Gasteiger partial charge >= 0.3 is 5.69 Å². The van der Waals surface area contributed by atoms with E-state index in [2.05, 4.69) is 20.2 Å². The molecule has 0 saturated carbocycles. The lowest BCUT2D eigenvalue weighted by Crippen LogP contribution is -2.45. The van der Waals surface area contributed by atoms with Gasteiger partial charge in [0.1, 0.15) is 5.82 Å². The van der Waals surface area contributed by atoms with Crippen LogP contribution < -0.4 is 21.5 Å². The van der Waals surface area contributed by atoms with Crippen molar-refractivity contribution in [1.29, 1.82) is 0 Å². The number of aromatic amines is 2. The third-order valence-electron chi connectivity index (χ3n) is 4.30. The number of anilines is 1. The molecule has 132 valence electrons. The highest BCUT2D eigenvalue weighted by atomic mass is 19.1. The minimum atomic E-state index is -0.595. The molecule has 0 unspecified atom stereocenters. The molecular weight excluding hydrogens is 327 g/mol. The van der Waals surface area contributed by atoms with E-state index in [1.807, 2.05) is 0 Å². The predicted molar refractivity (Wildman–Crippen MR) is 91.2 cm³/mol. The summed E-state index contributed by atoms with van der Waals surface area (Å²) in [6, 6.07) is 6.40. The minimum Gasteiger partial charge on any atom is -0.371 e. The van der Waals surface area contributed by atoms with Crippen LogP contribution in [-0.2, 0) is 11.2 Å². The fourth-order valence-electron chi connectivity index (χ4n) is 2.95. The number of piperidine rings is 1. The van der Waals surface area contributed by atoms with E-state index < -0.39 is 11.2 Å². The molecule has 1 fully saturated rings. The van der Waals surface area contributed by atoms with Crippen LogP contribution in [-0.4, -0.2) is 35.0 Å². The molecule has 3 N–H and O–H groups in total. The topological polar surface area (TPSA) is 98.1 Å². The van der Waals surface area contributed by atoms with Crippen LogP contribution in [0, 0.1) is 5.82 Å². The first-order valence-electron chi connectivity index (χ1n) is 8.12. The lowest BCUT2D eigenvalue weighted by Gasteiger charge is -2.34. The fraction of sp³-hybridized carbons (Fsp3) is 0.353. The van der Waals surface area contributed by atoms with Gasteiger partial charge in [-0.15, -0.1) is 0 Å². The van der Waals surface area contributed by atoms with Crippen molar-refractivity contribution in [1.82, 2.24) is 15.3 Å². The molecule has 0 radical (unpaired) electrons. The van der Waals surface area contributed by atoms with Gasteiger partial charge in [-0.3, -0.25) is 14.6 Å². The predicted octanol–water partition coefficient (Wildman–Crippen LogP) is 0.530. The summed E-state index contributed by atoms with van der Waals surface area (Å²) >= 11 is 0. The number of carbonyl (C=O) groups is 1. The van der Waals surface area contributed by atoms with Crippen molar-refractivity contribution in [3.63, 3.8) is 0 Å². The maximum Gasteiger partial charge on any atom is 0.325 e. The van der Waals surface area contributed by atoms with Crippen LogP contribution in [0.15, 0.2) is 40.1 Å². The molecule has 1 aromatic carbocycles. The lowest BCUT2D eigenvalue weighted by atomic mass is 10.0. The van der Waals surface area contributed by atoms with Gasteiger partial charge in [-0.2, -0.15) is 0 Å². The maximum atomic E-state index is 13.0. The van der Waals surface area contributed by atoms with Crippen molar-refractivity contribution in [2.24, 2.45) is 0 Å². The van der Waals surface area contributed by atoms with Gasteiger partial charge in [0.25, 0.3) is 5.56 Å². The number of nitrogens with one attached hydrogen (secondary N) is 3. The number of aromatic nitrogens is 2. The fourth-order valence-corrected chi connectivity index (χ4v) is 2.95. The average molecular weight is 346 g/mol. The third-order valence-corrected chi connectivity index (χ3v) is 4.30. The second-order valence-electron chi connectivity index (χ2n) is 6.08. The van der Waals surface area contributed by atoms with Gasteiger partial charge in [-0.05, 0) is 37.1 Å². The number of halogens is 1. The van der Waals surface area contributed by atoms with Crippen LogP contribution in [0.5, 0.6) is 0 Å². The Morgan fingerprint density at radius 1 is 1.20 bits per heavy atom. The number of rotatable bonds is 4. The van der Waals surface area contributed by atoms with Gasteiger partial charge in [0.2, 0.25) is 5.91 Å². The summed E-state index contributed by atoms with van der Waals surface area (Å²) in [7, 11) is 0. The van der Waals surface area contributed by atoms with Crippen LogP contribution in [0.3, 0.4) is 0 Å². The van der Waals surface area contributed by atoms with Crippen molar-refractivity contribution in [3.05, 3.63) is 62.7 Å². The van der Waals surface area contributed by atoms with Crippen LogP contribution in [0.25, 0.3) is 0 Å². The minimum absolute atomic E-state index is 0.0334. The first-order valence-corrected chi connectivity index (χ1v) is 8.12. The first-order chi connectivity index (χ1) is 12.0. The molecule has 1 amide bonds. The first kappa shape index (κ1) is 16.9. The summed E-state index contributed by atoms with van der Waals surface area (Å²) in [6.07, 6.45) is 2.72. The molecule has 1 saturated heterocycles. The number of hydrogen-bond acceptors (Lipinski definition) is 4. The highest BCUT2D eigenvalue weighted by molar-refractivity contribution is 5.78.